The largest absolute Gasteiger partial charge is 0.497 e. The van der Waals surface area contributed by atoms with E-state index < -0.39 is 0 Å². The SMILES string of the molecule is COc1ccc2c(CN3CCC[C@@H]3c3cc(C)no3)cc(=O)oc2c1. The monoisotopic (exact) mass is 340 g/mol. The summed E-state index contributed by atoms with van der Waals surface area (Å²) in [5.74, 6) is 1.56. The predicted octanol–water partition coefficient (Wildman–Crippen LogP) is 3.44. The van der Waals surface area contributed by atoms with E-state index in [1.54, 1.807) is 19.2 Å². The minimum absolute atomic E-state index is 0.196. The Hall–Kier alpha value is -2.60. The molecule has 1 atom stereocenters. The van der Waals surface area contributed by atoms with Gasteiger partial charge >= 0.3 is 5.63 Å². The molecule has 0 unspecified atom stereocenters. The molecule has 6 nitrogen and oxygen atoms in total. The molecule has 4 rings (SSSR count). The van der Waals surface area contributed by atoms with Gasteiger partial charge in [0.2, 0.25) is 0 Å². The van der Waals surface area contributed by atoms with Crippen LogP contribution in [0.25, 0.3) is 11.0 Å². The van der Waals surface area contributed by atoms with Gasteiger partial charge < -0.3 is 13.7 Å². The minimum Gasteiger partial charge on any atom is -0.497 e. The van der Waals surface area contributed by atoms with Crippen LogP contribution in [-0.2, 0) is 6.54 Å². The molecule has 1 fully saturated rings. The van der Waals surface area contributed by atoms with E-state index in [1.165, 1.54) is 0 Å². The van der Waals surface area contributed by atoms with Crippen molar-refractivity contribution in [2.75, 3.05) is 13.7 Å². The topological polar surface area (TPSA) is 68.7 Å². The van der Waals surface area contributed by atoms with Crippen LogP contribution in [0.2, 0.25) is 0 Å². The lowest BCUT2D eigenvalue weighted by Crippen LogP contribution is -2.23. The van der Waals surface area contributed by atoms with Gasteiger partial charge in [-0.15, -0.1) is 0 Å². The van der Waals surface area contributed by atoms with Gasteiger partial charge in [0.05, 0.1) is 18.8 Å². The Kier molecular flexibility index (Phi) is 4.05. The number of rotatable bonds is 4. The van der Waals surface area contributed by atoms with Crippen LogP contribution in [0.15, 0.2) is 44.1 Å². The highest BCUT2D eigenvalue weighted by Gasteiger charge is 2.29. The van der Waals surface area contributed by atoms with Gasteiger partial charge in [-0.05, 0) is 44.0 Å². The molecule has 130 valence electrons. The summed E-state index contributed by atoms with van der Waals surface area (Å²) in [5.41, 5.74) is 2.05. The number of hydrogen-bond acceptors (Lipinski definition) is 6. The number of fused-ring (bicyclic) bond motifs is 1. The third-order valence-corrected chi connectivity index (χ3v) is 4.75. The number of aryl methyl sites for hydroxylation is 1. The fourth-order valence-corrected chi connectivity index (χ4v) is 3.56. The number of methoxy groups -OCH3 is 1. The molecule has 25 heavy (non-hydrogen) atoms. The number of nitrogens with zero attached hydrogens (tertiary/aromatic N) is 2. The fraction of sp³-hybridized carbons (Fsp3) is 0.368. The van der Waals surface area contributed by atoms with Gasteiger partial charge in [0, 0.05) is 30.1 Å². The highest BCUT2D eigenvalue weighted by molar-refractivity contribution is 5.81. The Morgan fingerprint density at radius 3 is 2.96 bits per heavy atom. The number of aromatic nitrogens is 1. The van der Waals surface area contributed by atoms with Crippen molar-refractivity contribution in [2.24, 2.45) is 0 Å². The van der Waals surface area contributed by atoms with Crippen molar-refractivity contribution in [3.05, 3.63) is 57.8 Å². The molecule has 0 saturated carbocycles. The van der Waals surface area contributed by atoms with Crippen molar-refractivity contribution in [1.82, 2.24) is 10.1 Å². The first-order valence-corrected chi connectivity index (χ1v) is 8.42. The van der Waals surface area contributed by atoms with Crippen molar-refractivity contribution >= 4 is 11.0 Å². The molecule has 0 aliphatic carbocycles. The zero-order chi connectivity index (χ0) is 17.4. The third kappa shape index (κ3) is 3.05. The van der Waals surface area contributed by atoms with E-state index in [0.29, 0.717) is 17.9 Å². The van der Waals surface area contributed by atoms with Gasteiger partial charge in [0.25, 0.3) is 0 Å². The number of likely N-dealkylation sites (tertiary alicyclic amines) is 1. The van der Waals surface area contributed by atoms with Crippen molar-refractivity contribution in [2.45, 2.75) is 32.4 Å². The predicted molar refractivity (Wildman–Crippen MR) is 92.7 cm³/mol. The third-order valence-electron chi connectivity index (χ3n) is 4.75. The molecule has 1 aliphatic rings. The summed E-state index contributed by atoms with van der Waals surface area (Å²) in [5, 5.41) is 4.94. The van der Waals surface area contributed by atoms with Gasteiger partial charge in [-0.1, -0.05) is 5.16 Å². The van der Waals surface area contributed by atoms with Crippen molar-refractivity contribution < 1.29 is 13.7 Å². The molecule has 6 heteroatoms. The summed E-state index contributed by atoms with van der Waals surface area (Å²) in [6.07, 6.45) is 2.12. The van der Waals surface area contributed by atoms with Crippen LogP contribution in [-0.4, -0.2) is 23.7 Å². The quantitative estimate of drug-likeness (QED) is 0.678. The molecule has 3 heterocycles. The highest BCUT2D eigenvalue weighted by atomic mass is 16.5. The second kappa shape index (κ2) is 6.37. The van der Waals surface area contributed by atoms with Crippen LogP contribution in [0.1, 0.15) is 35.9 Å². The van der Waals surface area contributed by atoms with E-state index >= 15 is 0 Å². The Morgan fingerprint density at radius 1 is 1.32 bits per heavy atom. The Balaban J connectivity index is 1.69. The van der Waals surface area contributed by atoms with Crippen LogP contribution in [0.5, 0.6) is 5.75 Å². The fourth-order valence-electron chi connectivity index (χ4n) is 3.56. The molecule has 0 N–H and O–H groups in total. The number of hydrogen-bond donors (Lipinski definition) is 0. The molecule has 0 radical (unpaired) electrons. The maximum absolute atomic E-state index is 12.0. The van der Waals surface area contributed by atoms with Gasteiger partial charge in [0.1, 0.15) is 11.3 Å². The molecule has 1 aromatic carbocycles. The first kappa shape index (κ1) is 15.9. The summed E-state index contributed by atoms with van der Waals surface area (Å²) in [4.78, 5) is 14.3. The second-order valence-electron chi connectivity index (χ2n) is 6.45. The van der Waals surface area contributed by atoms with Crippen LogP contribution in [0.3, 0.4) is 0 Å². The lowest BCUT2D eigenvalue weighted by molar-refractivity contribution is 0.207. The van der Waals surface area contributed by atoms with E-state index in [4.69, 9.17) is 13.7 Å². The molecule has 0 spiro atoms. The van der Waals surface area contributed by atoms with Crippen LogP contribution < -0.4 is 10.4 Å². The molecule has 3 aromatic rings. The smallest absolute Gasteiger partial charge is 0.336 e. The lowest BCUT2D eigenvalue weighted by atomic mass is 10.1. The molecule has 0 amide bonds. The molecular weight excluding hydrogens is 320 g/mol. The summed E-state index contributed by atoms with van der Waals surface area (Å²) in [6.45, 7) is 3.55. The molecule has 1 aliphatic heterocycles. The summed E-state index contributed by atoms with van der Waals surface area (Å²) in [6, 6.07) is 9.34. The molecule has 1 saturated heterocycles. The second-order valence-corrected chi connectivity index (χ2v) is 6.45. The zero-order valence-corrected chi connectivity index (χ0v) is 14.3. The molecule has 2 aromatic heterocycles. The van der Waals surface area contributed by atoms with E-state index in [0.717, 1.165) is 41.8 Å². The maximum atomic E-state index is 12.0. The van der Waals surface area contributed by atoms with Gasteiger partial charge in [0.15, 0.2) is 5.76 Å². The Labute approximate surface area is 145 Å². The van der Waals surface area contributed by atoms with Crippen LogP contribution in [0.4, 0.5) is 0 Å². The average Bonchev–Trinajstić information content (AvgIpc) is 3.22. The normalized spacial score (nSPS) is 18.1. The lowest BCUT2D eigenvalue weighted by Gasteiger charge is -2.22. The zero-order valence-electron chi connectivity index (χ0n) is 14.3. The summed E-state index contributed by atoms with van der Waals surface area (Å²) >= 11 is 0. The van der Waals surface area contributed by atoms with Crippen LogP contribution in [0, 0.1) is 6.92 Å². The van der Waals surface area contributed by atoms with E-state index in [1.807, 2.05) is 25.1 Å². The average molecular weight is 340 g/mol. The van der Waals surface area contributed by atoms with Gasteiger partial charge in [-0.25, -0.2) is 4.79 Å². The van der Waals surface area contributed by atoms with Gasteiger partial charge in [-0.2, -0.15) is 0 Å². The standard InChI is InChI=1S/C19H20N2O4/c1-12-8-18(25-20-12)16-4-3-7-21(16)11-13-9-19(22)24-17-10-14(23-2)5-6-15(13)17/h5-6,8-10,16H,3-4,7,11H2,1-2H3/t16-/m1/s1. The minimum atomic E-state index is -0.345. The highest BCUT2D eigenvalue weighted by Crippen LogP contribution is 2.34. The number of benzene rings is 1. The van der Waals surface area contributed by atoms with Crippen LogP contribution >= 0.6 is 0 Å². The summed E-state index contributed by atoms with van der Waals surface area (Å²) in [7, 11) is 1.59. The Bertz CT molecular complexity index is 959. The van der Waals surface area contributed by atoms with E-state index in [9.17, 15) is 4.79 Å². The van der Waals surface area contributed by atoms with E-state index in [2.05, 4.69) is 10.1 Å². The van der Waals surface area contributed by atoms with Crippen molar-refractivity contribution in [3.8, 4) is 5.75 Å². The first-order valence-electron chi connectivity index (χ1n) is 8.42. The van der Waals surface area contributed by atoms with Crippen molar-refractivity contribution in [1.29, 1.82) is 0 Å². The molecule has 0 bridgehead atoms. The Morgan fingerprint density at radius 2 is 2.20 bits per heavy atom. The van der Waals surface area contributed by atoms with Crippen molar-refractivity contribution in [3.63, 3.8) is 0 Å². The molecular formula is C19H20N2O4. The van der Waals surface area contributed by atoms with Gasteiger partial charge in [-0.3, -0.25) is 4.90 Å². The number of ether oxygens (including phenoxy) is 1. The summed E-state index contributed by atoms with van der Waals surface area (Å²) < 4.78 is 16.0. The van der Waals surface area contributed by atoms with E-state index in [-0.39, 0.29) is 11.7 Å². The first-order chi connectivity index (χ1) is 12.1. The maximum Gasteiger partial charge on any atom is 0.336 e.